The van der Waals surface area contributed by atoms with Crippen molar-refractivity contribution >= 4 is 32.6 Å². The van der Waals surface area contributed by atoms with E-state index in [0.717, 1.165) is 29.7 Å². The van der Waals surface area contributed by atoms with Crippen molar-refractivity contribution in [1.82, 2.24) is 0 Å². The standard InChI is InChI=1S/C13H18N2O2S2/c1-4-5-6-18-13-14-11-8-9(2)7-10(3)12(11)19(16,17)15-13/h7-8H,4-6H2,1-3H3,(H,14,15). The number of amidine groups is 1. The summed E-state index contributed by atoms with van der Waals surface area (Å²) in [5, 5.41) is 3.60. The summed E-state index contributed by atoms with van der Waals surface area (Å²) in [7, 11) is -3.57. The Bertz CT molecular complexity index is 622. The Morgan fingerprint density at radius 3 is 2.74 bits per heavy atom. The van der Waals surface area contributed by atoms with Crippen LogP contribution in [0.2, 0.25) is 0 Å². The number of anilines is 1. The van der Waals surface area contributed by atoms with Crippen molar-refractivity contribution in [1.29, 1.82) is 0 Å². The number of rotatable bonds is 3. The van der Waals surface area contributed by atoms with Crippen LogP contribution in [0.5, 0.6) is 0 Å². The summed E-state index contributed by atoms with van der Waals surface area (Å²) in [5.74, 6) is 0.873. The molecule has 104 valence electrons. The van der Waals surface area contributed by atoms with E-state index in [9.17, 15) is 8.42 Å². The molecule has 1 heterocycles. The van der Waals surface area contributed by atoms with Crippen LogP contribution in [0.4, 0.5) is 5.69 Å². The van der Waals surface area contributed by atoms with Crippen LogP contribution in [-0.4, -0.2) is 19.3 Å². The number of aryl methyl sites for hydroxylation is 2. The molecule has 0 unspecified atom stereocenters. The van der Waals surface area contributed by atoms with E-state index in [1.807, 2.05) is 19.1 Å². The predicted octanol–water partition coefficient (Wildman–Crippen LogP) is 3.31. The summed E-state index contributed by atoms with van der Waals surface area (Å²) in [5.41, 5.74) is 2.43. The fourth-order valence-electron chi connectivity index (χ4n) is 2.06. The maximum Gasteiger partial charge on any atom is 0.287 e. The highest BCUT2D eigenvalue weighted by Crippen LogP contribution is 2.33. The summed E-state index contributed by atoms with van der Waals surface area (Å²) in [4.78, 5) is 0.304. The summed E-state index contributed by atoms with van der Waals surface area (Å²) >= 11 is 1.46. The highest BCUT2D eigenvalue weighted by atomic mass is 32.2. The van der Waals surface area contributed by atoms with Crippen LogP contribution >= 0.6 is 11.8 Å². The quantitative estimate of drug-likeness (QED) is 0.870. The van der Waals surface area contributed by atoms with Crippen LogP contribution in [-0.2, 0) is 10.0 Å². The number of unbranched alkanes of at least 4 members (excludes halogenated alkanes) is 1. The molecule has 0 aliphatic carbocycles. The molecule has 0 atom stereocenters. The lowest BCUT2D eigenvalue weighted by Gasteiger charge is -2.19. The minimum atomic E-state index is -3.57. The van der Waals surface area contributed by atoms with Gasteiger partial charge in [0.05, 0.1) is 5.69 Å². The van der Waals surface area contributed by atoms with Gasteiger partial charge < -0.3 is 5.32 Å². The molecule has 6 heteroatoms. The number of thioether (sulfide) groups is 1. The number of nitrogens with zero attached hydrogens (tertiary/aromatic N) is 1. The minimum absolute atomic E-state index is 0.304. The lowest BCUT2D eigenvalue weighted by Crippen LogP contribution is -2.20. The Morgan fingerprint density at radius 2 is 2.05 bits per heavy atom. The molecule has 0 bridgehead atoms. The van der Waals surface area contributed by atoms with Crippen LogP contribution in [0, 0.1) is 13.8 Å². The zero-order valence-corrected chi connectivity index (χ0v) is 13.0. The molecule has 1 N–H and O–H groups in total. The normalized spacial score (nSPS) is 16.5. The number of nitrogens with one attached hydrogen (secondary N) is 1. The summed E-state index contributed by atoms with van der Waals surface area (Å²) < 4.78 is 28.3. The number of hydrogen-bond acceptors (Lipinski definition) is 4. The predicted molar refractivity (Wildman–Crippen MR) is 81.5 cm³/mol. The Morgan fingerprint density at radius 1 is 1.32 bits per heavy atom. The van der Waals surface area contributed by atoms with E-state index >= 15 is 0 Å². The minimum Gasteiger partial charge on any atom is -0.333 e. The van der Waals surface area contributed by atoms with Crippen LogP contribution in [0.1, 0.15) is 30.9 Å². The number of hydrogen-bond donors (Lipinski definition) is 1. The Hall–Kier alpha value is -1.01. The molecule has 0 amide bonds. The van der Waals surface area contributed by atoms with E-state index in [2.05, 4.69) is 16.6 Å². The maximum absolute atomic E-state index is 12.2. The number of fused-ring (bicyclic) bond motifs is 1. The average Bonchev–Trinajstić information content (AvgIpc) is 2.26. The molecule has 0 radical (unpaired) electrons. The van der Waals surface area contributed by atoms with E-state index in [0.29, 0.717) is 15.8 Å². The van der Waals surface area contributed by atoms with Crippen molar-refractivity contribution < 1.29 is 8.42 Å². The van der Waals surface area contributed by atoms with E-state index < -0.39 is 10.0 Å². The van der Waals surface area contributed by atoms with Crippen molar-refractivity contribution in [2.45, 2.75) is 38.5 Å². The second-order valence-electron chi connectivity index (χ2n) is 4.66. The molecular formula is C13H18N2O2S2. The Labute approximate surface area is 118 Å². The van der Waals surface area contributed by atoms with E-state index in [1.165, 1.54) is 11.8 Å². The van der Waals surface area contributed by atoms with Crippen molar-refractivity contribution in [2.24, 2.45) is 4.40 Å². The molecule has 0 spiro atoms. The first-order chi connectivity index (χ1) is 8.94. The summed E-state index contributed by atoms with van der Waals surface area (Å²) in [6.45, 7) is 5.86. The molecule has 1 aromatic carbocycles. The Balaban J connectivity index is 2.36. The first-order valence-corrected chi connectivity index (χ1v) is 8.72. The molecule has 4 nitrogen and oxygen atoms in total. The largest absolute Gasteiger partial charge is 0.333 e. The molecule has 1 aromatic rings. The molecule has 0 saturated heterocycles. The molecule has 1 aliphatic heterocycles. The third-order valence-corrected chi connectivity index (χ3v) is 5.41. The lowest BCUT2D eigenvalue weighted by molar-refractivity contribution is 0.597. The van der Waals surface area contributed by atoms with E-state index in [1.54, 1.807) is 6.92 Å². The van der Waals surface area contributed by atoms with Gasteiger partial charge in [-0.3, -0.25) is 0 Å². The van der Waals surface area contributed by atoms with Crippen molar-refractivity contribution in [3.05, 3.63) is 23.3 Å². The van der Waals surface area contributed by atoms with Crippen LogP contribution in [0.15, 0.2) is 21.4 Å². The van der Waals surface area contributed by atoms with Crippen LogP contribution in [0.25, 0.3) is 0 Å². The Kier molecular flexibility index (Phi) is 4.20. The van der Waals surface area contributed by atoms with Crippen LogP contribution < -0.4 is 5.32 Å². The highest BCUT2D eigenvalue weighted by Gasteiger charge is 2.27. The van der Waals surface area contributed by atoms with Gasteiger partial charge in [0, 0.05) is 5.75 Å². The van der Waals surface area contributed by atoms with Gasteiger partial charge in [-0.15, -0.1) is 4.40 Å². The summed E-state index contributed by atoms with van der Waals surface area (Å²) in [6.07, 6.45) is 2.13. The van der Waals surface area contributed by atoms with Gasteiger partial charge in [-0.25, -0.2) is 0 Å². The van der Waals surface area contributed by atoms with E-state index in [4.69, 9.17) is 0 Å². The topological polar surface area (TPSA) is 58.5 Å². The highest BCUT2D eigenvalue weighted by molar-refractivity contribution is 8.14. The molecule has 19 heavy (non-hydrogen) atoms. The summed E-state index contributed by atoms with van der Waals surface area (Å²) in [6, 6.07) is 3.72. The monoisotopic (exact) mass is 298 g/mol. The van der Waals surface area contributed by atoms with Gasteiger partial charge in [0.25, 0.3) is 10.0 Å². The molecule has 0 saturated carbocycles. The zero-order valence-electron chi connectivity index (χ0n) is 11.4. The van der Waals surface area contributed by atoms with Gasteiger partial charge in [-0.1, -0.05) is 31.2 Å². The van der Waals surface area contributed by atoms with Gasteiger partial charge >= 0.3 is 0 Å². The fraction of sp³-hybridized carbons (Fsp3) is 0.462. The number of benzene rings is 1. The van der Waals surface area contributed by atoms with Gasteiger partial charge in [0.1, 0.15) is 4.90 Å². The first kappa shape index (κ1) is 14.4. The number of sulfonamides is 1. The molecule has 0 fully saturated rings. The third kappa shape index (κ3) is 3.12. The van der Waals surface area contributed by atoms with Crippen molar-refractivity contribution in [3.8, 4) is 0 Å². The van der Waals surface area contributed by atoms with Gasteiger partial charge in [-0.05, 0) is 37.5 Å². The molecular weight excluding hydrogens is 280 g/mol. The van der Waals surface area contributed by atoms with Crippen molar-refractivity contribution in [3.63, 3.8) is 0 Å². The second kappa shape index (κ2) is 5.54. The lowest BCUT2D eigenvalue weighted by atomic mass is 10.1. The second-order valence-corrected chi connectivity index (χ2v) is 7.28. The molecule has 0 aromatic heterocycles. The fourth-order valence-corrected chi connectivity index (χ4v) is 4.58. The molecule has 2 rings (SSSR count). The van der Waals surface area contributed by atoms with Gasteiger partial charge in [0.2, 0.25) is 0 Å². The zero-order chi connectivity index (χ0) is 14.0. The molecule has 1 aliphatic rings. The van der Waals surface area contributed by atoms with Crippen LogP contribution in [0.3, 0.4) is 0 Å². The first-order valence-electron chi connectivity index (χ1n) is 6.30. The van der Waals surface area contributed by atoms with Crippen molar-refractivity contribution in [2.75, 3.05) is 11.1 Å². The average molecular weight is 298 g/mol. The SMILES string of the molecule is CCCCSC1=NS(=O)(=O)c2c(C)cc(C)cc2N1. The van der Waals surface area contributed by atoms with Gasteiger partial charge in [-0.2, -0.15) is 8.42 Å². The smallest absolute Gasteiger partial charge is 0.287 e. The van der Waals surface area contributed by atoms with Gasteiger partial charge in [0.15, 0.2) is 5.17 Å². The third-order valence-electron chi connectivity index (χ3n) is 2.86. The van der Waals surface area contributed by atoms with E-state index in [-0.39, 0.29) is 0 Å². The maximum atomic E-state index is 12.2.